The van der Waals surface area contributed by atoms with Crippen LogP contribution in [0, 0.1) is 0 Å². The molecule has 1 aromatic heterocycles. The molecule has 2 aromatic carbocycles. The van der Waals surface area contributed by atoms with Crippen molar-refractivity contribution in [2.75, 3.05) is 43.0 Å². The molecule has 2 amide bonds. The highest BCUT2D eigenvalue weighted by atomic mass is 32.2. The predicted molar refractivity (Wildman–Crippen MR) is 127 cm³/mol. The van der Waals surface area contributed by atoms with Crippen LogP contribution in [0.3, 0.4) is 0 Å². The maximum Gasteiger partial charge on any atom is 0.273 e. The normalized spacial score (nSPS) is 14.0. The fourth-order valence-electron chi connectivity index (χ4n) is 3.42. The summed E-state index contributed by atoms with van der Waals surface area (Å²) in [5, 5.41) is 4.50. The van der Waals surface area contributed by atoms with Gasteiger partial charge in [0, 0.05) is 25.7 Å². The molecule has 3 aromatic rings. The first-order chi connectivity index (χ1) is 15.9. The molecule has 1 fully saturated rings. The van der Waals surface area contributed by atoms with Gasteiger partial charge in [-0.1, -0.05) is 18.2 Å². The molecule has 0 bridgehead atoms. The Bertz CT molecular complexity index is 1240. The van der Waals surface area contributed by atoms with Gasteiger partial charge in [0.05, 0.1) is 30.2 Å². The number of morpholine rings is 1. The molecule has 8 nitrogen and oxygen atoms in total. The number of hydrogen-bond acceptors (Lipinski definition) is 6. The summed E-state index contributed by atoms with van der Waals surface area (Å²) in [6.45, 7) is 1.99. The number of sulfonamides is 1. The summed E-state index contributed by atoms with van der Waals surface area (Å²) in [6.07, 6.45) is 0. The monoisotopic (exact) mass is 485 g/mol. The second-order valence-corrected chi connectivity index (χ2v) is 10.5. The van der Waals surface area contributed by atoms with Crippen molar-refractivity contribution in [1.29, 1.82) is 0 Å². The molecule has 1 N–H and O–H groups in total. The third-order valence-electron chi connectivity index (χ3n) is 5.31. The van der Waals surface area contributed by atoms with Gasteiger partial charge in [-0.05, 0) is 47.8 Å². The largest absolute Gasteiger partial charge is 0.378 e. The van der Waals surface area contributed by atoms with Crippen LogP contribution in [0.15, 0.2) is 70.3 Å². The van der Waals surface area contributed by atoms with Crippen LogP contribution in [-0.4, -0.2) is 58.5 Å². The molecule has 2 heterocycles. The quantitative estimate of drug-likeness (QED) is 0.578. The Labute approximate surface area is 196 Å². The minimum Gasteiger partial charge on any atom is -0.378 e. The molecule has 0 unspecified atom stereocenters. The zero-order valence-electron chi connectivity index (χ0n) is 17.9. The molecule has 33 heavy (non-hydrogen) atoms. The Morgan fingerprint density at radius 1 is 1.00 bits per heavy atom. The second kappa shape index (κ2) is 9.74. The average molecular weight is 486 g/mol. The van der Waals surface area contributed by atoms with Gasteiger partial charge in [0.2, 0.25) is 0 Å². The fraction of sp³-hybridized carbons (Fsp3) is 0.217. The SMILES string of the molecule is CN(c1ccc(C(=O)Nc2ccccc2C(=O)N2CCOCC2)cc1)S(=O)(=O)c1cccs1. The molecule has 1 aliphatic heterocycles. The van der Waals surface area contributed by atoms with E-state index in [4.69, 9.17) is 4.74 Å². The summed E-state index contributed by atoms with van der Waals surface area (Å²) in [7, 11) is -2.19. The van der Waals surface area contributed by atoms with Crippen LogP contribution in [0.25, 0.3) is 0 Å². The lowest BCUT2D eigenvalue weighted by atomic mass is 10.1. The topological polar surface area (TPSA) is 96.0 Å². The highest BCUT2D eigenvalue weighted by Crippen LogP contribution is 2.26. The number of hydrogen-bond donors (Lipinski definition) is 1. The average Bonchev–Trinajstić information content (AvgIpc) is 3.40. The molecular weight excluding hydrogens is 462 g/mol. The molecule has 10 heteroatoms. The number of ether oxygens (including phenoxy) is 1. The van der Waals surface area contributed by atoms with E-state index in [-0.39, 0.29) is 10.1 Å². The molecule has 1 saturated heterocycles. The van der Waals surface area contributed by atoms with Crippen LogP contribution < -0.4 is 9.62 Å². The first-order valence-corrected chi connectivity index (χ1v) is 12.6. The fourth-order valence-corrected chi connectivity index (χ4v) is 5.77. The number of nitrogens with one attached hydrogen (secondary N) is 1. The second-order valence-electron chi connectivity index (χ2n) is 7.36. The minimum atomic E-state index is -3.66. The van der Waals surface area contributed by atoms with Crippen molar-refractivity contribution < 1.29 is 22.7 Å². The number of anilines is 2. The van der Waals surface area contributed by atoms with Crippen LogP contribution in [0.1, 0.15) is 20.7 Å². The van der Waals surface area contributed by atoms with E-state index in [1.54, 1.807) is 70.9 Å². The van der Waals surface area contributed by atoms with Crippen molar-refractivity contribution in [2.45, 2.75) is 4.21 Å². The van der Waals surface area contributed by atoms with Crippen molar-refractivity contribution in [3.63, 3.8) is 0 Å². The van der Waals surface area contributed by atoms with Gasteiger partial charge in [-0.3, -0.25) is 13.9 Å². The zero-order chi connectivity index (χ0) is 23.4. The molecule has 0 saturated carbocycles. The zero-order valence-corrected chi connectivity index (χ0v) is 19.6. The van der Waals surface area contributed by atoms with E-state index in [1.165, 1.54) is 11.4 Å². The number of carbonyl (C=O) groups excluding carboxylic acids is 2. The first kappa shape index (κ1) is 23.0. The maximum atomic E-state index is 12.9. The lowest BCUT2D eigenvalue weighted by molar-refractivity contribution is 0.0303. The molecular formula is C23H23N3O5S2. The van der Waals surface area contributed by atoms with Gasteiger partial charge in [0.15, 0.2) is 0 Å². The van der Waals surface area contributed by atoms with Crippen molar-refractivity contribution in [2.24, 2.45) is 0 Å². The number of thiophene rings is 1. The van der Waals surface area contributed by atoms with E-state index in [9.17, 15) is 18.0 Å². The van der Waals surface area contributed by atoms with Crippen LogP contribution in [0.4, 0.5) is 11.4 Å². The number of benzene rings is 2. The molecule has 0 atom stereocenters. The van der Waals surface area contributed by atoms with E-state index in [2.05, 4.69) is 5.32 Å². The van der Waals surface area contributed by atoms with Crippen molar-refractivity contribution in [3.8, 4) is 0 Å². The Hall–Kier alpha value is -3.21. The number of carbonyl (C=O) groups is 2. The lowest BCUT2D eigenvalue weighted by Crippen LogP contribution is -2.41. The van der Waals surface area contributed by atoms with Crippen molar-refractivity contribution >= 4 is 44.5 Å². The number of rotatable bonds is 6. The van der Waals surface area contributed by atoms with E-state index in [0.29, 0.717) is 48.8 Å². The number of para-hydroxylation sites is 1. The molecule has 0 aliphatic carbocycles. The summed E-state index contributed by atoms with van der Waals surface area (Å²) in [5.74, 6) is -0.558. The van der Waals surface area contributed by atoms with Gasteiger partial charge in [0.25, 0.3) is 21.8 Å². The first-order valence-electron chi connectivity index (χ1n) is 10.3. The summed E-state index contributed by atoms with van der Waals surface area (Å²) >= 11 is 1.14. The van der Waals surface area contributed by atoms with Crippen LogP contribution in [0.2, 0.25) is 0 Å². The van der Waals surface area contributed by atoms with Crippen LogP contribution in [-0.2, 0) is 14.8 Å². The molecule has 0 spiro atoms. The molecule has 4 rings (SSSR count). The van der Waals surface area contributed by atoms with Crippen molar-refractivity contribution in [1.82, 2.24) is 4.90 Å². The summed E-state index contributed by atoms with van der Waals surface area (Å²) < 4.78 is 32.1. The van der Waals surface area contributed by atoms with Crippen LogP contribution >= 0.6 is 11.3 Å². The van der Waals surface area contributed by atoms with E-state index in [0.717, 1.165) is 11.3 Å². The highest BCUT2D eigenvalue weighted by Gasteiger charge is 2.23. The maximum absolute atomic E-state index is 12.9. The van der Waals surface area contributed by atoms with E-state index < -0.39 is 15.9 Å². The summed E-state index contributed by atoms with van der Waals surface area (Å²) in [5.41, 5.74) is 1.60. The Morgan fingerprint density at radius 3 is 2.36 bits per heavy atom. The third-order valence-corrected chi connectivity index (χ3v) is 8.47. The van der Waals surface area contributed by atoms with Gasteiger partial charge in [-0.25, -0.2) is 8.42 Å². The summed E-state index contributed by atoms with van der Waals surface area (Å²) in [6, 6.07) is 16.3. The number of amides is 2. The van der Waals surface area contributed by atoms with Gasteiger partial charge in [-0.2, -0.15) is 0 Å². The lowest BCUT2D eigenvalue weighted by Gasteiger charge is -2.27. The van der Waals surface area contributed by atoms with Gasteiger partial charge < -0.3 is 15.0 Å². The van der Waals surface area contributed by atoms with Gasteiger partial charge >= 0.3 is 0 Å². The highest BCUT2D eigenvalue weighted by molar-refractivity contribution is 7.94. The Kier molecular flexibility index (Phi) is 6.77. The standard InChI is InChI=1S/C23H23N3O5S2/c1-25(33(29,30)21-7-4-16-32-21)18-10-8-17(9-11-18)22(27)24-20-6-3-2-5-19(20)23(28)26-12-14-31-15-13-26/h2-11,16H,12-15H2,1H3,(H,24,27). The molecule has 172 valence electrons. The molecule has 1 aliphatic rings. The summed E-state index contributed by atoms with van der Waals surface area (Å²) in [4.78, 5) is 27.5. The Morgan fingerprint density at radius 2 is 1.70 bits per heavy atom. The smallest absolute Gasteiger partial charge is 0.273 e. The third kappa shape index (κ3) is 4.92. The van der Waals surface area contributed by atoms with E-state index in [1.807, 2.05) is 0 Å². The van der Waals surface area contributed by atoms with Gasteiger partial charge in [-0.15, -0.1) is 11.3 Å². The minimum absolute atomic E-state index is 0.162. The van der Waals surface area contributed by atoms with Crippen molar-refractivity contribution in [3.05, 3.63) is 77.2 Å². The van der Waals surface area contributed by atoms with Gasteiger partial charge in [0.1, 0.15) is 4.21 Å². The predicted octanol–water partition coefficient (Wildman–Crippen LogP) is 3.30. The Balaban J connectivity index is 1.49. The van der Waals surface area contributed by atoms with Crippen LogP contribution in [0.5, 0.6) is 0 Å². The van der Waals surface area contributed by atoms with E-state index >= 15 is 0 Å². The molecule has 0 radical (unpaired) electrons. The number of nitrogens with zero attached hydrogens (tertiary/aromatic N) is 2.